The van der Waals surface area contributed by atoms with Gasteiger partial charge in [-0.1, -0.05) is 35.9 Å². The normalized spacial score (nSPS) is 16.5. The number of hydrogen-bond donors (Lipinski definition) is 1. The number of carbonyl (C=O) groups excluding carboxylic acids is 2. The number of nitrogens with one attached hydrogen (secondary N) is 1. The van der Waals surface area contributed by atoms with Crippen molar-refractivity contribution >= 4 is 34.8 Å². The van der Waals surface area contributed by atoms with E-state index in [4.69, 9.17) is 11.6 Å². The van der Waals surface area contributed by atoms with E-state index in [1.807, 2.05) is 53.6 Å². The zero-order chi connectivity index (χ0) is 17.8. The molecule has 0 unspecified atom stereocenters. The molecule has 1 aliphatic rings. The standard InChI is InChI=1S/C19H21ClN2O2S/c1-13(15-5-2-3-6-16(15)20)21-18(23)14-8-10-22(11-9-14)19(24)17-7-4-12-25-17/h2-7,12-14H,8-11H2,1H3,(H,21,23)/t13-/m1/s1. The highest BCUT2D eigenvalue weighted by atomic mass is 35.5. The molecule has 2 amide bonds. The van der Waals surface area contributed by atoms with E-state index in [0.717, 1.165) is 10.4 Å². The minimum Gasteiger partial charge on any atom is -0.349 e. The van der Waals surface area contributed by atoms with Crippen LogP contribution in [0.5, 0.6) is 0 Å². The second-order valence-electron chi connectivity index (χ2n) is 6.30. The largest absolute Gasteiger partial charge is 0.349 e. The first-order valence-electron chi connectivity index (χ1n) is 8.44. The molecule has 25 heavy (non-hydrogen) atoms. The molecular formula is C19H21ClN2O2S. The summed E-state index contributed by atoms with van der Waals surface area (Å²) in [7, 11) is 0. The lowest BCUT2D eigenvalue weighted by molar-refractivity contribution is -0.126. The van der Waals surface area contributed by atoms with Crippen LogP contribution in [0.15, 0.2) is 41.8 Å². The summed E-state index contributed by atoms with van der Waals surface area (Å²) in [6.45, 7) is 3.18. The Balaban J connectivity index is 1.53. The summed E-state index contributed by atoms with van der Waals surface area (Å²) in [5.74, 6) is 0.0475. The highest BCUT2D eigenvalue weighted by Crippen LogP contribution is 2.25. The third-order valence-corrected chi connectivity index (χ3v) is 5.82. The van der Waals surface area contributed by atoms with Crippen molar-refractivity contribution in [2.45, 2.75) is 25.8 Å². The number of rotatable bonds is 4. The van der Waals surface area contributed by atoms with Crippen molar-refractivity contribution in [2.75, 3.05) is 13.1 Å². The third-order valence-electron chi connectivity index (χ3n) is 4.62. The monoisotopic (exact) mass is 376 g/mol. The number of likely N-dealkylation sites (tertiary alicyclic amines) is 1. The van der Waals surface area contributed by atoms with Gasteiger partial charge in [-0.15, -0.1) is 11.3 Å². The molecule has 3 rings (SSSR count). The van der Waals surface area contributed by atoms with E-state index in [1.54, 1.807) is 0 Å². The Bertz CT molecular complexity index is 740. The molecule has 6 heteroatoms. The maximum Gasteiger partial charge on any atom is 0.263 e. The fraction of sp³-hybridized carbons (Fsp3) is 0.368. The van der Waals surface area contributed by atoms with Crippen LogP contribution in [0, 0.1) is 5.92 Å². The average Bonchev–Trinajstić information content (AvgIpc) is 3.16. The maximum atomic E-state index is 12.5. The second-order valence-corrected chi connectivity index (χ2v) is 7.65. The molecule has 1 aromatic heterocycles. The highest BCUT2D eigenvalue weighted by Gasteiger charge is 2.29. The molecule has 0 bridgehead atoms. The van der Waals surface area contributed by atoms with Crippen molar-refractivity contribution in [3.8, 4) is 0 Å². The Morgan fingerprint density at radius 1 is 1.20 bits per heavy atom. The van der Waals surface area contributed by atoms with E-state index in [0.29, 0.717) is 31.0 Å². The van der Waals surface area contributed by atoms with E-state index < -0.39 is 0 Å². The van der Waals surface area contributed by atoms with Crippen molar-refractivity contribution in [1.29, 1.82) is 0 Å². The van der Waals surface area contributed by atoms with Gasteiger partial charge < -0.3 is 10.2 Å². The molecule has 0 aliphatic carbocycles. The molecule has 2 heterocycles. The summed E-state index contributed by atoms with van der Waals surface area (Å²) in [4.78, 5) is 27.5. The minimum atomic E-state index is -0.132. The quantitative estimate of drug-likeness (QED) is 0.872. The summed E-state index contributed by atoms with van der Waals surface area (Å²) in [5.41, 5.74) is 0.919. The molecule has 4 nitrogen and oxygen atoms in total. The van der Waals surface area contributed by atoms with Crippen molar-refractivity contribution in [3.63, 3.8) is 0 Å². The van der Waals surface area contributed by atoms with Crippen LogP contribution in [0.3, 0.4) is 0 Å². The summed E-state index contributed by atoms with van der Waals surface area (Å²) in [5, 5.41) is 5.62. The van der Waals surface area contributed by atoms with Gasteiger partial charge in [0.1, 0.15) is 0 Å². The summed E-state index contributed by atoms with van der Waals surface area (Å²) >= 11 is 7.65. The molecule has 1 atom stereocenters. The molecule has 0 saturated carbocycles. The first-order valence-corrected chi connectivity index (χ1v) is 9.69. The maximum absolute atomic E-state index is 12.5. The van der Waals surface area contributed by atoms with Crippen LogP contribution in [-0.2, 0) is 4.79 Å². The molecule has 132 valence electrons. The number of hydrogen-bond acceptors (Lipinski definition) is 3. The third kappa shape index (κ3) is 4.22. The van der Waals surface area contributed by atoms with Gasteiger partial charge in [-0.3, -0.25) is 9.59 Å². The Labute approximate surface area is 156 Å². The van der Waals surface area contributed by atoms with E-state index in [1.165, 1.54) is 11.3 Å². The Kier molecular flexibility index (Phi) is 5.76. The number of carbonyl (C=O) groups is 2. The van der Waals surface area contributed by atoms with Gasteiger partial charge in [-0.2, -0.15) is 0 Å². The fourth-order valence-electron chi connectivity index (χ4n) is 3.14. The van der Waals surface area contributed by atoms with E-state index in [-0.39, 0.29) is 23.8 Å². The van der Waals surface area contributed by atoms with Crippen LogP contribution < -0.4 is 5.32 Å². The van der Waals surface area contributed by atoms with Gasteiger partial charge in [0, 0.05) is 24.0 Å². The summed E-state index contributed by atoms with van der Waals surface area (Å²) < 4.78 is 0. The molecule has 1 saturated heterocycles. The number of thiophene rings is 1. The van der Waals surface area contributed by atoms with Crippen LogP contribution in [-0.4, -0.2) is 29.8 Å². The topological polar surface area (TPSA) is 49.4 Å². The molecule has 0 radical (unpaired) electrons. The zero-order valence-electron chi connectivity index (χ0n) is 14.1. The Morgan fingerprint density at radius 3 is 2.56 bits per heavy atom. The molecule has 1 fully saturated rings. The fourth-order valence-corrected chi connectivity index (χ4v) is 4.13. The second kappa shape index (κ2) is 8.02. The van der Waals surface area contributed by atoms with Gasteiger partial charge in [0.15, 0.2) is 0 Å². The van der Waals surface area contributed by atoms with E-state index in [2.05, 4.69) is 5.32 Å². The Hall–Kier alpha value is -1.85. The van der Waals surface area contributed by atoms with Crippen LogP contribution in [0.25, 0.3) is 0 Å². The minimum absolute atomic E-state index is 0.0376. The van der Waals surface area contributed by atoms with Crippen LogP contribution >= 0.6 is 22.9 Å². The van der Waals surface area contributed by atoms with Crippen molar-refractivity contribution in [2.24, 2.45) is 5.92 Å². The van der Waals surface area contributed by atoms with Crippen LogP contribution in [0.2, 0.25) is 5.02 Å². The van der Waals surface area contributed by atoms with E-state index >= 15 is 0 Å². The lowest BCUT2D eigenvalue weighted by atomic mass is 9.95. The molecule has 1 N–H and O–H groups in total. The lowest BCUT2D eigenvalue weighted by Gasteiger charge is -2.31. The van der Waals surface area contributed by atoms with Crippen molar-refractivity contribution < 1.29 is 9.59 Å². The van der Waals surface area contributed by atoms with Gasteiger partial charge in [-0.25, -0.2) is 0 Å². The van der Waals surface area contributed by atoms with Gasteiger partial charge in [0.05, 0.1) is 10.9 Å². The number of nitrogens with zero attached hydrogens (tertiary/aromatic N) is 1. The van der Waals surface area contributed by atoms with Gasteiger partial charge in [0.2, 0.25) is 5.91 Å². The first kappa shape index (κ1) is 18.0. The van der Waals surface area contributed by atoms with Crippen LogP contribution in [0.1, 0.15) is 41.0 Å². The van der Waals surface area contributed by atoms with Gasteiger partial charge in [-0.05, 0) is 42.8 Å². The van der Waals surface area contributed by atoms with E-state index in [9.17, 15) is 9.59 Å². The first-order chi connectivity index (χ1) is 12.1. The number of halogens is 1. The number of benzene rings is 1. The lowest BCUT2D eigenvalue weighted by Crippen LogP contribution is -2.43. The SMILES string of the molecule is C[C@@H](NC(=O)C1CCN(C(=O)c2cccs2)CC1)c1ccccc1Cl. The van der Waals surface area contributed by atoms with Crippen LogP contribution in [0.4, 0.5) is 0 Å². The average molecular weight is 377 g/mol. The molecule has 0 spiro atoms. The van der Waals surface area contributed by atoms with Gasteiger partial charge in [0.25, 0.3) is 5.91 Å². The zero-order valence-corrected chi connectivity index (χ0v) is 15.6. The summed E-state index contributed by atoms with van der Waals surface area (Å²) in [6.07, 6.45) is 1.39. The van der Waals surface area contributed by atoms with Gasteiger partial charge >= 0.3 is 0 Å². The molecular weight excluding hydrogens is 356 g/mol. The number of amides is 2. The Morgan fingerprint density at radius 2 is 1.92 bits per heavy atom. The predicted octanol–water partition coefficient (Wildman–Crippen LogP) is 4.13. The van der Waals surface area contributed by atoms with Crippen molar-refractivity contribution in [3.05, 3.63) is 57.2 Å². The smallest absolute Gasteiger partial charge is 0.263 e. The summed E-state index contributed by atoms with van der Waals surface area (Å²) in [6, 6.07) is 11.1. The molecule has 1 aliphatic heterocycles. The molecule has 1 aromatic carbocycles. The predicted molar refractivity (Wildman–Crippen MR) is 101 cm³/mol. The highest BCUT2D eigenvalue weighted by molar-refractivity contribution is 7.12. The number of piperidine rings is 1. The van der Waals surface area contributed by atoms with Crippen molar-refractivity contribution in [1.82, 2.24) is 10.2 Å². The molecule has 2 aromatic rings.